The highest BCUT2D eigenvalue weighted by atomic mass is 32.2. The monoisotopic (exact) mass is 619 g/mol. The van der Waals surface area contributed by atoms with E-state index >= 15 is 0 Å². The van der Waals surface area contributed by atoms with Gasteiger partial charge in [0.05, 0.1) is 18.9 Å². The lowest BCUT2D eigenvalue weighted by molar-refractivity contribution is -0.151. The average molecular weight is 620 g/mol. The van der Waals surface area contributed by atoms with Crippen LogP contribution in [0.2, 0.25) is 0 Å². The van der Waals surface area contributed by atoms with Gasteiger partial charge < -0.3 is 25.0 Å². The minimum absolute atomic E-state index is 0.00539. The molecular weight excluding hydrogens is 570 g/mol. The van der Waals surface area contributed by atoms with Crippen molar-refractivity contribution in [3.8, 4) is 0 Å². The van der Waals surface area contributed by atoms with E-state index < -0.39 is 57.9 Å². The van der Waals surface area contributed by atoms with Crippen LogP contribution in [0.25, 0.3) is 0 Å². The lowest BCUT2D eigenvalue weighted by Gasteiger charge is -2.33. The molecule has 1 aliphatic heterocycles. The number of piperidine rings is 1. The molecule has 0 unspecified atom stereocenters. The average Bonchev–Trinajstić information content (AvgIpc) is 2.91. The molecule has 1 fully saturated rings. The maximum Gasteiger partial charge on any atom is 0.410 e. The molecule has 0 aromatic heterocycles. The minimum Gasteiger partial charge on any atom is -0.468 e. The highest BCUT2D eigenvalue weighted by Gasteiger charge is 2.32. The Bertz CT molecular complexity index is 1050. The van der Waals surface area contributed by atoms with Crippen LogP contribution < -0.4 is 10.5 Å². The first-order chi connectivity index (χ1) is 19.4. The van der Waals surface area contributed by atoms with E-state index in [1.807, 2.05) is 6.92 Å². The van der Waals surface area contributed by atoms with Gasteiger partial charge in [0.1, 0.15) is 18.2 Å². The van der Waals surface area contributed by atoms with Crippen molar-refractivity contribution in [1.29, 1.82) is 0 Å². The molecule has 1 aliphatic rings. The van der Waals surface area contributed by atoms with Gasteiger partial charge in [-0.15, -0.1) is 0 Å². The number of rotatable bonds is 14. The number of sulfonamides is 1. The van der Waals surface area contributed by atoms with Gasteiger partial charge in [-0.1, -0.05) is 13.3 Å². The molecule has 15 heteroatoms. The van der Waals surface area contributed by atoms with Crippen LogP contribution in [0, 0.1) is 5.92 Å². The Balaban J connectivity index is 2.82. The first kappa shape index (κ1) is 37.2. The maximum atomic E-state index is 13.1. The van der Waals surface area contributed by atoms with Gasteiger partial charge in [-0.3, -0.25) is 24.1 Å². The largest absolute Gasteiger partial charge is 0.468 e. The fourth-order valence-corrected chi connectivity index (χ4v) is 5.66. The van der Waals surface area contributed by atoms with E-state index in [0.717, 1.165) is 16.9 Å². The molecular formula is C27H49N5O9S. The zero-order valence-corrected chi connectivity index (χ0v) is 26.8. The summed E-state index contributed by atoms with van der Waals surface area (Å²) in [4.78, 5) is 67.0. The standard InChI is InChI=1S/C27H49N5O9S/c1-8-9-16-42(38,39)29-21(25(36)40-7)17-30(6)23(34)18-32(24(35)19(2)28)22(33)11-10-20-12-14-31(15-13-20)26(37)41-27(3,4)5/h19-21,29H,8-18,28H2,1-7H3/t19-,21-/m0/s1. The topological polar surface area (TPSA) is 186 Å². The number of esters is 1. The molecule has 0 radical (unpaired) electrons. The van der Waals surface area contributed by atoms with Crippen LogP contribution in [0.15, 0.2) is 0 Å². The van der Waals surface area contributed by atoms with Crippen LogP contribution in [0.1, 0.15) is 73.1 Å². The van der Waals surface area contributed by atoms with Crippen molar-refractivity contribution in [2.24, 2.45) is 11.7 Å². The number of unbranched alkanes of at least 4 members (excludes halogenated alkanes) is 1. The number of likely N-dealkylation sites (tertiary alicyclic amines) is 1. The molecule has 1 heterocycles. The van der Waals surface area contributed by atoms with E-state index in [4.69, 9.17) is 15.2 Å². The normalized spacial score (nSPS) is 15.9. The summed E-state index contributed by atoms with van der Waals surface area (Å²) in [5.74, 6) is -2.93. The molecule has 242 valence electrons. The van der Waals surface area contributed by atoms with Crippen molar-refractivity contribution < 1.29 is 41.9 Å². The van der Waals surface area contributed by atoms with Crippen LogP contribution in [-0.4, -0.2) is 117 Å². The van der Waals surface area contributed by atoms with Crippen molar-refractivity contribution >= 4 is 39.8 Å². The number of amides is 4. The molecule has 0 spiro atoms. The van der Waals surface area contributed by atoms with Gasteiger partial charge >= 0.3 is 12.1 Å². The highest BCUT2D eigenvalue weighted by molar-refractivity contribution is 7.89. The van der Waals surface area contributed by atoms with E-state index in [-0.39, 0.29) is 30.7 Å². The summed E-state index contributed by atoms with van der Waals surface area (Å²) in [6.07, 6.45) is 2.42. The Hall–Kier alpha value is -2.78. The van der Waals surface area contributed by atoms with Crippen LogP contribution in [0.5, 0.6) is 0 Å². The van der Waals surface area contributed by atoms with Crippen molar-refractivity contribution in [2.75, 3.05) is 46.1 Å². The first-order valence-corrected chi connectivity index (χ1v) is 16.0. The summed E-state index contributed by atoms with van der Waals surface area (Å²) in [6, 6.07) is -2.41. The van der Waals surface area contributed by atoms with Crippen LogP contribution in [0.4, 0.5) is 4.79 Å². The molecule has 1 saturated heterocycles. The molecule has 0 aromatic rings. The third-order valence-electron chi connectivity index (χ3n) is 6.74. The molecule has 0 aliphatic carbocycles. The second-order valence-corrected chi connectivity index (χ2v) is 13.6. The SMILES string of the molecule is CCCCS(=O)(=O)N[C@@H](CN(C)C(=O)CN(C(=O)CCC1CCN(C(=O)OC(C)(C)C)CC1)C(=O)[C@H](C)N)C(=O)OC. The van der Waals surface area contributed by atoms with E-state index in [9.17, 15) is 32.4 Å². The minimum atomic E-state index is -3.82. The Kier molecular flexibility index (Phi) is 14.9. The summed E-state index contributed by atoms with van der Waals surface area (Å²) in [6.45, 7) is 8.61. The van der Waals surface area contributed by atoms with Gasteiger partial charge in [-0.25, -0.2) is 13.2 Å². The Morgan fingerprint density at radius 1 is 1.10 bits per heavy atom. The second kappa shape index (κ2) is 16.8. The quantitative estimate of drug-likeness (QED) is 0.264. The number of carbonyl (C=O) groups excluding carboxylic acids is 5. The molecule has 3 N–H and O–H groups in total. The number of imide groups is 1. The van der Waals surface area contributed by atoms with Crippen molar-refractivity contribution in [3.05, 3.63) is 0 Å². The predicted octanol–water partition coefficient (Wildman–Crippen LogP) is 0.836. The van der Waals surface area contributed by atoms with Crippen molar-refractivity contribution in [3.63, 3.8) is 0 Å². The fourth-order valence-electron chi connectivity index (χ4n) is 4.27. The number of nitrogens with zero attached hydrogens (tertiary/aromatic N) is 3. The van der Waals surface area contributed by atoms with Crippen molar-refractivity contribution in [1.82, 2.24) is 19.4 Å². The van der Waals surface area contributed by atoms with Gasteiger partial charge in [0.25, 0.3) is 0 Å². The van der Waals surface area contributed by atoms with E-state index in [0.29, 0.717) is 45.2 Å². The number of nitrogens with two attached hydrogens (primary N) is 1. The summed E-state index contributed by atoms with van der Waals surface area (Å²) in [5, 5.41) is 0. The summed E-state index contributed by atoms with van der Waals surface area (Å²) in [5.41, 5.74) is 5.15. The first-order valence-electron chi connectivity index (χ1n) is 14.3. The zero-order chi connectivity index (χ0) is 32.3. The van der Waals surface area contributed by atoms with Crippen LogP contribution >= 0.6 is 0 Å². The predicted molar refractivity (Wildman–Crippen MR) is 155 cm³/mol. The number of carbonyl (C=O) groups is 5. The summed E-state index contributed by atoms with van der Waals surface area (Å²) >= 11 is 0. The fraction of sp³-hybridized carbons (Fsp3) is 0.815. The molecule has 42 heavy (non-hydrogen) atoms. The van der Waals surface area contributed by atoms with Crippen LogP contribution in [-0.2, 0) is 38.7 Å². The molecule has 0 saturated carbocycles. The van der Waals surface area contributed by atoms with Gasteiger partial charge in [0.15, 0.2) is 0 Å². The van der Waals surface area contributed by atoms with E-state index in [1.54, 1.807) is 25.7 Å². The molecule has 4 amide bonds. The third-order valence-corrected chi connectivity index (χ3v) is 8.21. The number of ether oxygens (including phenoxy) is 2. The molecule has 0 aromatic carbocycles. The molecule has 14 nitrogen and oxygen atoms in total. The molecule has 2 atom stereocenters. The maximum absolute atomic E-state index is 13.1. The number of likely N-dealkylation sites (N-methyl/N-ethyl adjacent to an activating group) is 1. The lowest BCUT2D eigenvalue weighted by Crippen LogP contribution is -2.53. The number of hydrogen-bond donors (Lipinski definition) is 2. The number of hydrogen-bond acceptors (Lipinski definition) is 10. The summed E-state index contributed by atoms with van der Waals surface area (Å²) in [7, 11) is -1.39. The zero-order valence-electron chi connectivity index (χ0n) is 26.0. The lowest BCUT2D eigenvalue weighted by atomic mass is 9.92. The van der Waals surface area contributed by atoms with Gasteiger partial charge in [-0.2, -0.15) is 4.72 Å². The Morgan fingerprint density at radius 3 is 2.19 bits per heavy atom. The van der Waals surface area contributed by atoms with Crippen LogP contribution in [0.3, 0.4) is 0 Å². The van der Waals surface area contributed by atoms with E-state index in [2.05, 4.69) is 4.72 Å². The Labute approximate surface area is 249 Å². The van der Waals surface area contributed by atoms with Crippen molar-refractivity contribution in [2.45, 2.75) is 90.8 Å². The van der Waals surface area contributed by atoms with Gasteiger partial charge in [0.2, 0.25) is 27.7 Å². The Morgan fingerprint density at radius 2 is 1.69 bits per heavy atom. The third kappa shape index (κ3) is 13.0. The van der Waals surface area contributed by atoms with E-state index in [1.165, 1.54) is 14.0 Å². The van der Waals surface area contributed by atoms with Gasteiger partial charge in [0, 0.05) is 33.1 Å². The molecule has 0 bridgehead atoms. The number of methoxy groups -OCH3 is 1. The summed E-state index contributed by atoms with van der Waals surface area (Å²) < 4.78 is 37.1. The molecule has 1 rings (SSSR count). The smallest absolute Gasteiger partial charge is 0.410 e. The number of nitrogens with one attached hydrogen (secondary N) is 1. The highest BCUT2D eigenvalue weighted by Crippen LogP contribution is 2.24. The van der Waals surface area contributed by atoms with Gasteiger partial charge in [-0.05, 0) is 59.3 Å². The second-order valence-electron chi connectivity index (χ2n) is 11.7.